The fourth-order valence-corrected chi connectivity index (χ4v) is 3.98. The van der Waals surface area contributed by atoms with Gasteiger partial charge in [-0.05, 0) is 54.6 Å². The second-order valence-corrected chi connectivity index (χ2v) is 8.04. The topological polar surface area (TPSA) is 102 Å². The van der Waals surface area contributed by atoms with Crippen molar-refractivity contribution < 1.29 is 28.7 Å². The molecule has 1 atom stereocenters. The van der Waals surface area contributed by atoms with Crippen molar-refractivity contribution in [2.24, 2.45) is 0 Å². The number of imide groups is 1. The molecule has 0 aromatic heterocycles. The van der Waals surface area contributed by atoms with Gasteiger partial charge in [0.2, 0.25) is 0 Å². The molecular weight excluding hydrogens is 456 g/mol. The standard InChI is InChI=1S/C22H19ClN2O6S/c1-13(21(28)30-2)25-20(27)18(32-22(25)29)11-14-8-9-17(16(23)10-14)31-12-19(26)24-15-6-4-3-5-7-15/h3-11,13H,12H2,1-2H3,(H,24,26)/b18-11+/t13-/m1/s1. The summed E-state index contributed by atoms with van der Waals surface area (Å²) in [7, 11) is 1.19. The van der Waals surface area contributed by atoms with Gasteiger partial charge in [-0.3, -0.25) is 19.3 Å². The molecule has 0 bridgehead atoms. The first-order valence-electron chi connectivity index (χ1n) is 9.42. The third-order valence-corrected chi connectivity index (χ3v) is 5.60. The highest BCUT2D eigenvalue weighted by atomic mass is 35.5. The molecule has 8 nitrogen and oxygen atoms in total. The third-order valence-electron chi connectivity index (χ3n) is 4.42. The summed E-state index contributed by atoms with van der Waals surface area (Å²) in [6.07, 6.45) is 1.49. The van der Waals surface area contributed by atoms with Gasteiger partial charge < -0.3 is 14.8 Å². The zero-order chi connectivity index (χ0) is 23.3. The molecule has 1 heterocycles. The van der Waals surface area contributed by atoms with E-state index < -0.39 is 23.2 Å². The number of para-hydroxylation sites is 1. The van der Waals surface area contributed by atoms with Gasteiger partial charge in [0, 0.05) is 5.69 Å². The largest absolute Gasteiger partial charge is 0.482 e. The molecule has 1 saturated heterocycles. The van der Waals surface area contributed by atoms with Crippen molar-refractivity contribution in [2.75, 3.05) is 19.0 Å². The number of rotatable bonds is 7. The molecule has 0 unspecified atom stereocenters. The lowest BCUT2D eigenvalue weighted by molar-refractivity contribution is -0.148. The predicted molar refractivity (Wildman–Crippen MR) is 121 cm³/mol. The molecule has 1 fully saturated rings. The maximum absolute atomic E-state index is 12.6. The Kier molecular flexibility index (Phi) is 7.55. The summed E-state index contributed by atoms with van der Waals surface area (Å²) < 4.78 is 10.1. The number of anilines is 1. The van der Waals surface area contributed by atoms with Crippen molar-refractivity contribution in [3.05, 3.63) is 64.0 Å². The van der Waals surface area contributed by atoms with Gasteiger partial charge in [-0.25, -0.2) is 4.79 Å². The number of halogens is 1. The van der Waals surface area contributed by atoms with Crippen LogP contribution in [0.15, 0.2) is 53.4 Å². The van der Waals surface area contributed by atoms with E-state index in [0.29, 0.717) is 17.0 Å². The van der Waals surface area contributed by atoms with E-state index in [4.69, 9.17) is 16.3 Å². The number of ether oxygens (including phenoxy) is 2. The zero-order valence-corrected chi connectivity index (χ0v) is 18.7. The summed E-state index contributed by atoms with van der Waals surface area (Å²) in [5.41, 5.74) is 1.20. The fourth-order valence-electron chi connectivity index (χ4n) is 2.83. The van der Waals surface area contributed by atoms with Crippen LogP contribution in [0.5, 0.6) is 5.75 Å². The number of methoxy groups -OCH3 is 1. The van der Waals surface area contributed by atoms with Crippen molar-refractivity contribution in [1.82, 2.24) is 4.90 Å². The van der Waals surface area contributed by atoms with E-state index in [9.17, 15) is 19.2 Å². The number of amides is 3. The minimum absolute atomic E-state index is 0.151. The number of hydrogen-bond acceptors (Lipinski definition) is 7. The summed E-state index contributed by atoms with van der Waals surface area (Å²) in [6.45, 7) is 1.18. The summed E-state index contributed by atoms with van der Waals surface area (Å²) in [4.78, 5) is 49.5. The van der Waals surface area contributed by atoms with E-state index in [2.05, 4.69) is 10.1 Å². The number of nitrogens with one attached hydrogen (secondary N) is 1. The summed E-state index contributed by atoms with van der Waals surface area (Å²) >= 11 is 6.97. The van der Waals surface area contributed by atoms with Crippen LogP contribution in [-0.2, 0) is 19.1 Å². The van der Waals surface area contributed by atoms with E-state index in [-0.39, 0.29) is 22.4 Å². The maximum Gasteiger partial charge on any atom is 0.328 e. The Hall–Kier alpha value is -3.30. The van der Waals surface area contributed by atoms with Crippen LogP contribution in [0.1, 0.15) is 12.5 Å². The minimum Gasteiger partial charge on any atom is -0.482 e. The Bertz CT molecular complexity index is 1090. The summed E-state index contributed by atoms with van der Waals surface area (Å²) in [6, 6.07) is 12.7. The van der Waals surface area contributed by atoms with Crippen LogP contribution in [0.2, 0.25) is 5.02 Å². The van der Waals surface area contributed by atoms with Gasteiger partial charge in [-0.2, -0.15) is 0 Å². The van der Waals surface area contributed by atoms with Crippen molar-refractivity contribution in [2.45, 2.75) is 13.0 Å². The molecule has 0 aliphatic carbocycles. The van der Waals surface area contributed by atoms with Crippen LogP contribution in [-0.4, -0.2) is 47.7 Å². The second kappa shape index (κ2) is 10.3. The Labute approximate surface area is 193 Å². The number of carbonyl (C=O) groups is 4. The van der Waals surface area contributed by atoms with Gasteiger partial charge >= 0.3 is 5.97 Å². The van der Waals surface area contributed by atoms with E-state index in [1.54, 1.807) is 42.5 Å². The molecule has 2 aromatic carbocycles. The molecule has 166 valence electrons. The Morgan fingerprint density at radius 3 is 2.56 bits per heavy atom. The normalized spacial score (nSPS) is 15.6. The molecule has 0 spiro atoms. The van der Waals surface area contributed by atoms with Crippen molar-refractivity contribution >= 4 is 58.1 Å². The third kappa shape index (κ3) is 5.49. The monoisotopic (exact) mass is 474 g/mol. The number of hydrogen-bond donors (Lipinski definition) is 1. The zero-order valence-electron chi connectivity index (χ0n) is 17.2. The fraction of sp³-hybridized carbons (Fsp3) is 0.182. The lowest BCUT2D eigenvalue weighted by Crippen LogP contribution is -2.42. The van der Waals surface area contributed by atoms with Crippen LogP contribution < -0.4 is 10.1 Å². The SMILES string of the molecule is COC(=O)[C@@H](C)N1C(=O)S/C(=C/c2ccc(OCC(=O)Nc3ccccc3)c(Cl)c2)C1=O. The van der Waals surface area contributed by atoms with E-state index in [1.165, 1.54) is 20.1 Å². The van der Waals surface area contributed by atoms with E-state index in [0.717, 1.165) is 16.7 Å². The lowest BCUT2D eigenvalue weighted by atomic mass is 10.2. The molecule has 0 saturated carbocycles. The minimum atomic E-state index is -1.03. The molecular formula is C22H19ClN2O6S. The molecule has 10 heteroatoms. The quantitative estimate of drug-likeness (QED) is 0.478. The number of benzene rings is 2. The molecule has 32 heavy (non-hydrogen) atoms. The summed E-state index contributed by atoms with van der Waals surface area (Å²) in [5, 5.41) is 2.37. The van der Waals surface area contributed by atoms with Gasteiger partial charge in [0.1, 0.15) is 11.8 Å². The molecule has 1 N–H and O–H groups in total. The smallest absolute Gasteiger partial charge is 0.328 e. The maximum atomic E-state index is 12.6. The Morgan fingerprint density at radius 1 is 1.19 bits per heavy atom. The van der Waals surface area contributed by atoms with Crippen molar-refractivity contribution in [3.63, 3.8) is 0 Å². The Balaban J connectivity index is 1.65. The average Bonchev–Trinajstić information content (AvgIpc) is 3.05. The van der Waals surface area contributed by atoms with Gasteiger partial charge in [0.05, 0.1) is 17.0 Å². The highest BCUT2D eigenvalue weighted by Crippen LogP contribution is 2.35. The van der Waals surface area contributed by atoms with Gasteiger partial charge in [0.25, 0.3) is 17.1 Å². The first-order chi connectivity index (χ1) is 15.3. The van der Waals surface area contributed by atoms with Crippen LogP contribution in [0, 0.1) is 0 Å². The molecule has 3 rings (SSSR count). The molecule has 0 radical (unpaired) electrons. The molecule has 1 aliphatic rings. The predicted octanol–water partition coefficient (Wildman–Crippen LogP) is 3.96. The van der Waals surface area contributed by atoms with Crippen LogP contribution in [0.25, 0.3) is 6.08 Å². The summed E-state index contributed by atoms with van der Waals surface area (Å²) in [5.74, 6) is -1.33. The van der Waals surface area contributed by atoms with Crippen LogP contribution in [0.3, 0.4) is 0 Å². The lowest BCUT2D eigenvalue weighted by Gasteiger charge is -2.18. The number of esters is 1. The number of nitrogens with zero attached hydrogens (tertiary/aromatic N) is 1. The molecule has 1 aliphatic heterocycles. The average molecular weight is 475 g/mol. The van der Waals surface area contributed by atoms with Gasteiger partial charge in [0.15, 0.2) is 6.61 Å². The van der Waals surface area contributed by atoms with Crippen LogP contribution >= 0.6 is 23.4 Å². The highest BCUT2D eigenvalue weighted by molar-refractivity contribution is 8.18. The van der Waals surface area contributed by atoms with Gasteiger partial charge in [-0.1, -0.05) is 35.9 Å². The van der Waals surface area contributed by atoms with Crippen molar-refractivity contribution in [3.8, 4) is 5.75 Å². The first-order valence-corrected chi connectivity index (χ1v) is 10.6. The second-order valence-electron chi connectivity index (χ2n) is 6.64. The van der Waals surface area contributed by atoms with Crippen molar-refractivity contribution in [1.29, 1.82) is 0 Å². The van der Waals surface area contributed by atoms with Gasteiger partial charge in [-0.15, -0.1) is 0 Å². The van der Waals surface area contributed by atoms with Crippen LogP contribution in [0.4, 0.5) is 10.5 Å². The Morgan fingerprint density at radius 2 is 1.91 bits per heavy atom. The molecule has 3 amide bonds. The highest BCUT2D eigenvalue weighted by Gasteiger charge is 2.41. The number of carbonyl (C=O) groups excluding carboxylic acids is 4. The number of thioether (sulfide) groups is 1. The van der Waals surface area contributed by atoms with E-state index in [1.807, 2.05) is 6.07 Å². The molecule has 2 aromatic rings. The van der Waals surface area contributed by atoms with E-state index >= 15 is 0 Å². The first kappa shape index (κ1) is 23.4.